The van der Waals surface area contributed by atoms with Crippen LogP contribution in [0.3, 0.4) is 0 Å². The van der Waals surface area contributed by atoms with Gasteiger partial charge in [-0.1, -0.05) is 0 Å². The van der Waals surface area contributed by atoms with Crippen molar-refractivity contribution in [1.82, 2.24) is 15.0 Å². The highest BCUT2D eigenvalue weighted by molar-refractivity contribution is 6.28. The van der Waals surface area contributed by atoms with Crippen molar-refractivity contribution in [2.24, 2.45) is 0 Å². The Morgan fingerprint density at radius 1 is 0.947 bits per heavy atom. The second-order valence-corrected chi connectivity index (χ2v) is 4.47. The summed E-state index contributed by atoms with van der Waals surface area (Å²) in [5, 5.41) is 0.114. The van der Waals surface area contributed by atoms with E-state index >= 15 is 0 Å². The van der Waals surface area contributed by atoms with Gasteiger partial charge in [-0.25, -0.2) is 4.39 Å². The minimum atomic E-state index is -0.292. The molecule has 5 nitrogen and oxygen atoms in total. The maximum Gasteiger partial charge on any atom is 0.235 e. The van der Waals surface area contributed by atoms with Crippen LogP contribution in [0, 0.1) is 5.82 Å². The first-order chi connectivity index (χ1) is 8.97. The third-order valence-corrected chi connectivity index (χ3v) is 2.67. The standard InChI is InChI=1S/C12H13ClFN5/c1-18(2)11-15-10(13)16-12(17-11)19(3)9-6-4-8(14)5-7-9/h4-7H,1-3H3. The van der Waals surface area contributed by atoms with Crippen LogP contribution in [-0.4, -0.2) is 36.1 Å². The molecule has 19 heavy (non-hydrogen) atoms. The molecule has 2 rings (SSSR count). The zero-order chi connectivity index (χ0) is 14.0. The van der Waals surface area contributed by atoms with Crippen LogP contribution < -0.4 is 9.80 Å². The molecule has 0 amide bonds. The molecule has 0 atom stereocenters. The van der Waals surface area contributed by atoms with Crippen molar-refractivity contribution in [2.45, 2.75) is 0 Å². The van der Waals surface area contributed by atoms with E-state index in [9.17, 15) is 4.39 Å². The molecule has 1 aromatic carbocycles. The zero-order valence-electron chi connectivity index (χ0n) is 10.8. The van der Waals surface area contributed by atoms with Gasteiger partial charge in [-0.05, 0) is 35.9 Å². The molecule has 100 valence electrons. The molecular formula is C12H13ClFN5. The second-order valence-electron chi connectivity index (χ2n) is 4.13. The Bertz CT molecular complexity index is 573. The van der Waals surface area contributed by atoms with Crippen LogP contribution in [-0.2, 0) is 0 Å². The van der Waals surface area contributed by atoms with Crippen molar-refractivity contribution >= 4 is 29.2 Å². The first-order valence-corrected chi connectivity index (χ1v) is 5.93. The van der Waals surface area contributed by atoms with E-state index in [1.807, 2.05) is 14.1 Å². The van der Waals surface area contributed by atoms with E-state index in [1.54, 1.807) is 29.0 Å². The zero-order valence-corrected chi connectivity index (χ0v) is 11.6. The van der Waals surface area contributed by atoms with E-state index < -0.39 is 0 Å². The van der Waals surface area contributed by atoms with Crippen LogP contribution in [0.15, 0.2) is 24.3 Å². The Labute approximate surface area is 115 Å². The van der Waals surface area contributed by atoms with Gasteiger partial charge < -0.3 is 9.80 Å². The molecule has 0 aliphatic carbocycles. The summed E-state index contributed by atoms with van der Waals surface area (Å²) >= 11 is 5.88. The third-order valence-electron chi connectivity index (χ3n) is 2.50. The Kier molecular flexibility index (Phi) is 3.80. The van der Waals surface area contributed by atoms with E-state index in [-0.39, 0.29) is 11.1 Å². The SMILES string of the molecule is CN(C)c1nc(Cl)nc(N(C)c2ccc(F)cc2)n1. The minimum Gasteiger partial charge on any atom is -0.347 e. The lowest BCUT2D eigenvalue weighted by Gasteiger charge is -2.19. The van der Waals surface area contributed by atoms with Crippen molar-refractivity contribution in [3.8, 4) is 0 Å². The van der Waals surface area contributed by atoms with E-state index in [0.29, 0.717) is 11.9 Å². The third kappa shape index (κ3) is 3.08. The Morgan fingerprint density at radius 2 is 1.53 bits per heavy atom. The number of rotatable bonds is 3. The summed E-state index contributed by atoms with van der Waals surface area (Å²) < 4.78 is 12.9. The number of hydrogen-bond donors (Lipinski definition) is 0. The largest absolute Gasteiger partial charge is 0.347 e. The fourth-order valence-corrected chi connectivity index (χ4v) is 1.61. The lowest BCUT2D eigenvalue weighted by atomic mass is 10.3. The summed E-state index contributed by atoms with van der Waals surface area (Å²) in [4.78, 5) is 15.8. The van der Waals surface area contributed by atoms with Crippen LogP contribution in [0.1, 0.15) is 0 Å². The summed E-state index contributed by atoms with van der Waals surface area (Å²) in [6.45, 7) is 0. The topological polar surface area (TPSA) is 45.2 Å². The fraction of sp³-hybridized carbons (Fsp3) is 0.250. The molecule has 0 aliphatic rings. The number of halogens is 2. The Hall–Kier alpha value is -1.95. The van der Waals surface area contributed by atoms with E-state index in [2.05, 4.69) is 15.0 Å². The highest BCUT2D eigenvalue weighted by Gasteiger charge is 2.12. The Morgan fingerprint density at radius 3 is 2.11 bits per heavy atom. The average Bonchev–Trinajstić information content (AvgIpc) is 2.38. The molecule has 1 heterocycles. The lowest BCUT2D eigenvalue weighted by Crippen LogP contribution is -2.18. The van der Waals surface area contributed by atoms with Gasteiger partial charge in [0, 0.05) is 26.8 Å². The average molecular weight is 282 g/mol. The van der Waals surface area contributed by atoms with Gasteiger partial charge in [0.05, 0.1) is 0 Å². The number of hydrogen-bond acceptors (Lipinski definition) is 5. The summed E-state index contributed by atoms with van der Waals surface area (Å²) in [6, 6.07) is 6.04. The van der Waals surface area contributed by atoms with Crippen LogP contribution in [0.25, 0.3) is 0 Å². The van der Waals surface area contributed by atoms with Gasteiger partial charge in [0.2, 0.25) is 17.2 Å². The molecule has 1 aromatic heterocycles. The van der Waals surface area contributed by atoms with Crippen molar-refractivity contribution in [1.29, 1.82) is 0 Å². The lowest BCUT2D eigenvalue weighted by molar-refractivity contribution is 0.628. The molecule has 0 radical (unpaired) electrons. The molecular weight excluding hydrogens is 269 g/mol. The predicted octanol–water partition coefficient (Wildman–Crippen LogP) is 2.50. The molecule has 0 aliphatic heterocycles. The van der Waals surface area contributed by atoms with Crippen LogP contribution in [0.2, 0.25) is 5.28 Å². The van der Waals surface area contributed by atoms with Crippen LogP contribution in [0.4, 0.5) is 22.0 Å². The van der Waals surface area contributed by atoms with Crippen LogP contribution >= 0.6 is 11.6 Å². The monoisotopic (exact) mass is 281 g/mol. The van der Waals surface area contributed by atoms with Gasteiger partial charge in [0.25, 0.3) is 0 Å². The van der Waals surface area contributed by atoms with Gasteiger partial charge in [-0.15, -0.1) is 0 Å². The maximum absolute atomic E-state index is 12.9. The quantitative estimate of drug-likeness (QED) is 0.865. The fourth-order valence-electron chi connectivity index (χ4n) is 1.46. The summed E-state index contributed by atoms with van der Waals surface area (Å²) in [5.41, 5.74) is 0.758. The summed E-state index contributed by atoms with van der Waals surface area (Å²) in [7, 11) is 5.40. The summed E-state index contributed by atoms with van der Waals surface area (Å²) in [5.74, 6) is 0.569. The number of nitrogens with zero attached hydrogens (tertiary/aromatic N) is 5. The van der Waals surface area contributed by atoms with Gasteiger partial charge >= 0.3 is 0 Å². The minimum absolute atomic E-state index is 0.114. The first-order valence-electron chi connectivity index (χ1n) is 5.55. The van der Waals surface area contributed by atoms with Gasteiger partial charge in [0.1, 0.15) is 5.82 Å². The number of anilines is 3. The molecule has 0 bridgehead atoms. The smallest absolute Gasteiger partial charge is 0.235 e. The molecule has 2 aromatic rings. The predicted molar refractivity (Wildman–Crippen MR) is 73.6 cm³/mol. The molecule has 0 N–H and O–H groups in total. The van der Waals surface area contributed by atoms with E-state index in [0.717, 1.165) is 5.69 Å². The molecule has 0 fully saturated rings. The Balaban J connectivity index is 2.38. The van der Waals surface area contributed by atoms with Crippen molar-refractivity contribution in [3.63, 3.8) is 0 Å². The molecule has 0 spiro atoms. The van der Waals surface area contributed by atoms with E-state index in [4.69, 9.17) is 11.6 Å². The normalized spacial score (nSPS) is 10.4. The number of benzene rings is 1. The first kappa shape index (κ1) is 13.5. The maximum atomic E-state index is 12.9. The highest BCUT2D eigenvalue weighted by atomic mass is 35.5. The van der Waals surface area contributed by atoms with Gasteiger partial charge in [-0.2, -0.15) is 15.0 Å². The van der Waals surface area contributed by atoms with Crippen LogP contribution in [0.5, 0.6) is 0 Å². The highest BCUT2D eigenvalue weighted by Crippen LogP contribution is 2.22. The molecule has 0 unspecified atom stereocenters. The summed E-state index contributed by atoms with van der Waals surface area (Å²) in [6.07, 6.45) is 0. The van der Waals surface area contributed by atoms with Crippen molar-refractivity contribution in [2.75, 3.05) is 30.9 Å². The van der Waals surface area contributed by atoms with Gasteiger partial charge in [0.15, 0.2) is 0 Å². The van der Waals surface area contributed by atoms with E-state index in [1.165, 1.54) is 12.1 Å². The second kappa shape index (κ2) is 5.36. The number of aromatic nitrogens is 3. The molecule has 7 heteroatoms. The van der Waals surface area contributed by atoms with Gasteiger partial charge in [-0.3, -0.25) is 0 Å². The molecule has 0 saturated heterocycles. The molecule has 0 saturated carbocycles. The van der Waals surface area contributed by atoms with Crippen molar-refractivity contribution < 1.29 is 4.39 Å². The van der Waals surface area contributed by atoms with Crippen molar-refractivity contribution in [3.05, 3.63) is 35.4 Å².